The van der Waals surface area contributed by atoms with Crippen molar-refractivity contribution < 1.29 is 48.1 Å². The molecule has 0 aromatic heterocycles. The number of ketones is 1. The zero-order valence-electron chi connectivity index (χ0n) is 25.1. The predicted molar refractivity (Wildman–Crippen MR) is 160 cm³/mol. The highest BCUT2D eigenvalue weighted by Gasteiger charge is 2.45. The van der Waals surface area contributed by atoms with E-state index in [9.17, 15) is 33.6 Å². The van der Waals surface area contributed by atoms with Crippen LogP contribution in [-0.4, -0.2) is 87.9 Å². The monoisotopic (exact) mass is 637 g/mol. The number of carbonyl (C=O) groups is 7. The quantitative estimate of drug-likeness (QED) is 0.249. The van der Waals surface area contributed by atoms with E-state index in [2.05, 4.69) is 16.0 Å². The van der Waals surface area contributed by atoms with Gasteiger partial charge in [0.25, 0.3) is 5.91 Å². The van der Waals surface area contributed by atoms with Crippen LogP contribution in [0.1, 0.15) is 45.4 Å². The zero-order valence-corrected chi connectivity index (χ0v) is 25.1. The fourth-order valence-corrected chi connectivity index (χ4v) is 5.09. The molecule has 244 valence electrons. The molecule has 0 bridgehead atoms. The molecule has 2 aromatic carbocycles. The summed E-state index contributed by atoms with van der Waals surface area (Å²) in [4.78, 5) is 88.1. The molecular formula is C31H35N5O10. The average Bonchev–Trinajstić information content (AvgIpc) is 3.15. The standard InChI is InChI=1S/C31H35N5O10/c1-19(37)45-18-26(38)23(14-16-28(40)41)33-29(42)25-8-5-17-35-27(39)15-13-24(30(43)36(25)35)34-31(44)32-20-9-11-22(12-10-20)46-21-6-3-2-4-7-21/h2-4,6-7,9-12,23-25H,5,8,13-18H2,1H3,(H,33,42)(H,40,41)(H2,32,34,44)/t23?,24-,25-/m0/s1. The lowest BCUT2D eigenvalue weighted by Gasteiger charge is -2.43. The molecule has 3 atom stereocenters. The number of benzene rings is 2. The highest BCUT2D eigenvalue weighted by Crippen LogP contribution is 2.26. The number of hydrogen-bond donors (Lipinski definition) is 4. The van der Waals surface area contributed by atoms with Crippen LogP contribution in [0.3, 0.4) is 0 Å². The van der Waals surface area contributed by atoms with Crippen LogP contribution in [-0.2, 0) is 33.5 Å². The van der Waals surface area contributed by atoms with Gasteiger partial charge < -0.3 is 30.5 Å². The van der Waals surface area contributed by atoms with Crippen LogP contribution >= 0.6 is 0 Å². The van der Waals surface area contributed by atoms with Gasteiger partial charge in [0, 0.05) is 32.0 Å². The van der Waals surface area contributed by atoms with Crippen molar-refractivity contribution in [2.24, 2.45) is 0 Å². The molecule has 2 aliphatic rings. The summed E-state index contributed by atoms with van der Waals surface area (Å²) >= 11 is 0. The normalized spacial score (nSPS) is 18.4. The Balaban J connectivity index is 1.43. The highest BCUT2D eigenvalue weighted by atomic mass is 16.5. The van der Waals surface area contributed by atoms with Crippen molar-refractivity contribution in [1.82, 2.24) is 20.7 Å². The van der Waals surface area contributed by atoms with E-state index in [0.717, 1.165) is 11.9 Å². The number of aliphatic carboxylic acids is 1. The number of carboxylic acids is 1. The summed E-state index contributed by atoms with van der Waals surface area (Å²) in [6, 6.07) is 11.3. The number of Topliss-reactive ketones (excluding diaryl/α,β-unsaturated/α-hetero) is 1. The largest absolute Gasteiger partial charge is 0.481 e. The molecule has 2 heterocycles. The third-order valence-electron chi connectivity index (χ3n) is 7.33. The predicted octanol–water partition coefficient (Wildman–Crippen LogP) is 1.98. The molecule has 15 nitrogen and oxygen atoms in total. The van der Waals surface area contributed by atoms with Crippen molar-refractivity contribution in [1.29, 1.82) is 0 Å². The van der Waals surface area contributed by atoms with Gasteiger partial charge in [-0.2, -0.15) is 0 Å². The molecule has 2 fully saturated rings. The molecule has 2 aromatic rings. The number of hydrogen-bond acceptors (Lipinski definition) is 9. The minimum absolute atomic E-state index is 0.0155. The van der Waals surface area contributed by atoms with Gasteiger partial charge in [0.1, 0.15) is 23.6 Å². The average molecular weight is 638 g/mol. The summed E-state index contributed by atoms with van der Waals surface area (Å²) < 4.78 is 10.5. The van der Waals surface area contributed by atoms with Gasteiger partial charge >= 0.3 is 18.0 Å². The van der Waals surface area contributed by atoms with Crippen molar-refractivity contribution >= 4 is 47.2 Å². The van der Waals surface area contributed by atoms with Gasteiger partial charge in [0.05, 0.1) is 6.04 Å². The fraction of sp³-hybridized carbons (Fsp3) is 0.387. The van der Waals surface area contributed by atoms with Gasteiger partial charge in [0.15, 0.2) is 12.4 Å². The lowest BCUT2D eigenvalue weighted by atomic mass is 10.0. The Morgan fingerprint density at radius 3 is 2.35 bits per heavy atom. The molecule has 1 unspecified atom stereocenters. The van der Waals surface area contributed by atoms with Crippen LogP contribution in [0.2, 0.25) is 0 Å². The van der Waals surface area contributed by atoms with Gasteiger partial charge in [-0.05, 0) is 62.1 Å². The highest BCUT2D eigenvalue weighted by molar-refractivity contribution is 5.98. The molecule has 2 saturated heterocycles. The summed E-state index contributed by atoms with van der Waals surface area (Å²) in [7, 11) is 0. The second kappa shape index (κ2) is 15.5. The number of anilines is 1. The molecule has 2 aliphatic heterocycles. The molecular weight excluding hydrogens is 602 g/mol. The number of nitrogens with zero attached hydrogens (tertiary/aromatic N) is 2. The molecule has 0 radical (unpaired) electrons. The molecule has 4 rings (SSSR count). The summed E-state index contributed by atoms with van der Waals surface area (Å²) in [6.07, 6.45) is -0.320. The van der Waals surface area contributed by atoms with Gasteiger partial charge in [-0.15, -0.1) is 0 Å². The second-order valence-electron chi connectivity index (χ2n) is 10.7. The number of fused-ring (bicyclic) bond motifs is 1. The number of esters is 1. The van der Waals surface area contributed by atoms with E-state index in [1.54, 1.807) is 36.4 Å². The van der Waals surface area contributed by atoms with Crippen LogP contribution in [0.25, 0.3) is 0 Å². The number of carbonyl (C=O) groups excluding carboxylic acids is 6. The fourth-order valence-electron chi connectivity index (χ4n) is 5.09. The first-order valence-corrected chi connectivity index (χ1v) is 14.7. The number of ether oxygens (including phenoxy) is 2. The first-order chi connectivity index (χ1) is 22.0. The topological polar surface area (TPSA) is 201 Å². The summed E-state index contributed by atoms with van der Waals surface area (Å²) in [5.41, 5.74) is 0.415. The number of hydrazine groups is 1. The number of amides is 5. The Morgan fingerprint density at radius 1 is 0.978 bits per heavy atom. The van der Waals surface area contributed by atoms with Gasteiger partial charge in [-0.1, -0.05) is 18.2 Å². The van der Waals surface area contributed by atoms with E-state index >= 15 is 0 Å². The maximum absolute atomic E-state index is 13.7. The Kier molecular flexibility index (Phi) is 11.3. The van der Waals surface area contributed by atoms with E-state index in [4.69, 9.17) is 14.6 Å². The van der Waals surface area contributed by atoms with E-state index in [1.807, 2.05) is 18.2 Å². The zero-order chi connectivity index (χ0) is 33.2. The van der Waals surface area contributed by atoms with Crippen LogP contribution in [0.5, 0.6) is 11.5 Å². The minimum atomic E-state index is -1.32. The number of nitrogens with one attached hydrogen (secondary N) is 3. The maximum atomic E-state index is 13.7. The molecule has 46 heavy (non-hydrogen) atoms. The van der Waals surface area contributed by atoms with E-state index < -0.39 is 72.6 Å². The first-order valence-electron chi connectivity index (χ1n) is 14.7. The number of para-hydroxylation sites is 1. The Bertz CT molecular complexity index is 1470. The summed E-state index contributed by atoms with van der Waals surface area (Å²) in [5.74, 6) is -3.39. The van der Waals surface area contributed by atoms with Gasteiger partial charge in [-0.25, -0.2) is 9.80 Å². The summed E-state index contributed by atoms with van der Waals surface area (Å²) in [6.45, 7) is 0.583. The molecule has 5 amide bonds. The third-order valence-corrected chi connectivity index (χ3v) is 7.33. The Morgan fingerprint density at radius 2 is 1.67 bits per heavy atom. The van der Waals surface area contributed by atoms with Crippen molar-refractivity contribution in [2.75, 3.05) is 18.5 Å². The number of urea groups is 1. The van der Waals surface area contributed by atoms with E-state index in [-0.39, 0.29) is 32.2 Å². The minimum Gasteiger partial charge on any atom is -0.481 e. The van der Waals surface area contributed by atoms with Crippen molar-refractivity contribution in [3.63, 3.8) is 0 Å². The molecule has 0 aliphatic carbocycles. The Labute approximate surface area is 264 Å². The number of carboxylic acid groups (broad SMARTS) is 1. The third kappa shape index (κ3) is 9.03. The van der Waals surface area contributed by atoms with Crippen molar-refractivity contribution in [2.45, 2.75) is 63.6 Å². The molecule has 0 spiro atoms. The lowest BCUT2D eigenvalue weighted by molar-refractivity contribution is -0.176. The maximum Gasteiger partial charge on any atom is 0.319 e. The van der Waals surface area contributed by atoms with Gasteiger partial charge in [0.2, 0.25) is 11.8 Å². The SMILES string of the molecule is CC(=O)OCC(=O)C(CCC(=O)O)NC(=O)[C@@H]1CCCN2C(=O)CC[C@H](NC(=O)Nc3ccc(Oc4ccccc4)cc3)C(=O)N12. The summed E-state index contributed by atoms with van der Waals surface area (Å²) in [5, 5.41) is 19.0. The number of rotatable bonds is 12. The van der Waals surface area contributed by atoms with E-state index in [1.165, 1.54) is 5.01 Å². The second-order valence-corrected chi connectivity index (χ2v) is 10.7. The lowest BCUT2D eigenvalue weighted by Crippen LogP contribution is -2.64. The van der Waals surface area contributed by atoms with Crippen molar-refractivity contribution in [3.05, 3.63) is 54.6 Å². The first kappa shape index (κ1) is 33.4. The van der Waals surface area contributed by atoms with Crippen LogP contribution < -0.4 is 20.7 Å². The van der Waals surface area contributed by atoms with Crippen LogP contribution in [0.15, 0.2) is 54.6 Å². The van der Waals surface area contributed by atoms with Crippen LogP contribution in [0.4, 0.5) is 10.5 Å². The molecule has 0 saturated carbocycles. The van der Waals surface area contributed by atoms with Crippen LogP contribution in [0, 0.1) is 0 Å². The van der Waals surface area contributed by atoms with E-state index in [0.29, 0.717) is 23.6 Å². The molecule has 4 N–H and O–H groups in total. The molecule has 15 heteroatoms. The Hall–Kier alpha value is -5.47. The van der Waals surface area contributed by atoms with Gasteiger partial charge in [-0.3, -0.25) is 33.8 Å². The smallest absolute Gasteiger partial charge is 0.319 e. The van der Waals surface area contributed by atoms with Crippen molar-refractivity contribution in [3.8, 4) is 11.5 Å².